The molecule has 1 fully saturated rings. The second-order valence-electron chi connectivity index (χ2n) is 2.89. The number of nitriles is 1. The third-order valence-corrected chi connectivity index (χ3v) is 2.00. The molecule has 1 rings (SSSR count). The smallest absolute Gasteiger partial charge is 0.110 e. The van der Waals surface area contributed by atoms with Crippen LogP contribution in [-0.2, 0) is 0 Å². The van der Waals surface area contributed by atoms with Crippen molar-refractivity contribution in [3.8, 4) is 6.07 Å². The number of likely N-dealkylation sites (N-methyl/N-ethyl adjacent to an activating group) is 2. The van der Waals surface area contributed by atoms with E-state index in [1.165, 1.54) is 0 Å². The van der Waals surface area contributed by atoms with Gasteiger partial charge in [0.2, 0.25) is 0 Å². The van der Waals surface area contributed by atoms with Gasteiger partial charge in [-0.2, -0.15) is 5.26 Å². The van der Waals surface area contributed by atoms with Gasteiger partial charge in [-0.05, 0) is 14.1 Å². The number of piperazine rings is 1. The summed E-state index contributed by atoms with van der Waals surface area (Å²) in [7, 11) is 4.05. The van der Waals surface area contributed by atoms with Crippen LogP contribution in [0.4, 0.5) is 0 Å². The molecular formula is C7H13N3. The Morgan fingerprint density at radius 2 is 2.10 bits per heavy atom. The van der Waals surface area contributed by atoms with Crippen molar-refractivity contribution < 1.29 is 0 Å². The van der Waals surface area contributed by atoms with Gasteiger partial charge in [-0.3, -0.25) is 4.90 Å². The lowest BCUT2D eigenvalue weighted by molar-refractivity contribution is 0.145. The van der Waals surface area contributed by atoms with Crippen LogP contribution in [0.2, 0.25) is 0 Å². The molecule has 0 aromatic carbocycles. The van der Waals surface area contributed by atoms with Crippen molar-refractivity contribution in [1.29, 1.82) is 5.26 Å². The maximum absolute atomic E-state index is 8.66. The highest BCUT2D eigenvalue weighted by Crippen LogP contribution is 2.03. The monoisotopic (exact) mass is 139 g/mol. The average molecular weight is 139 g/mol. The molecule has 0 aromatic rings. The summed E-state index contributed by atoms with van der Waals surface area (Å²) in [6.07, 6.45) is 0. The summed E-state index contributed by atoms with van der Waals surface area (Å²) in [6, 6.07) is 2.36. The Balaban J connectivity index is 2.47. The Labute approximate surface area is 61.8 Å². The first kappa shape index (κ1) is 7.52. The maximum Gasteiger partial charge on any atom is 0.110 e. The van der Waals surface area contributed by atoms with Crippen LogP contribution in [0.5, 0.6) is 0 Å². The largest absolute Gasteiger partial charge is 0.302 e. The van der Waals surface area contributed by atoms with Crippen LogP contribution in [-0.4, -0.2) is 49.6 Å². The molecule has 1 heterocycles. The fraction of sp³-hybridized carbons (Fsp3) is 0.857. The van der Waals surface area contributed by atoms with Crippen molar-refractivity contribution in [2.24, 2.45) is 0 Å². The molecule has 10 heavy (non-hydrogen) atoms. The normalized spacial score (nSPS) is 29.9. The first-order chi connectivity index (χ1) is 4.74. The SMILES string of the molecule is CN1CCN(C)[C@@H](C#N)C1. The van der Waals surface area contributed by atoms with Gasteiger partial charge in [0.15, 0.2) is 0 Å². The van der Waals surface area contributed by atoms with E-state index in [1.807, 2.05) is 7.05 Å². The second-order valence-corrected chi connectivity index (χ2v) is 2.89. The molecular weight excluding hydrogens is 126 g/mol. The molecule has 0 amide bonds. The Morgan fingerprint density at radius 3 is 2.60 bits per heavy atom. The molecule has 0 saturated carbocycles. The van der Waals surface area contributed by atoms with Crippen molar-refractivity contribution in [3.05, 3.63) is 0 Å². The molecule has 0 bridgehead atoms. The molecule has 0 aromatic heterocycles. The lowest BCUT2D eigenvalue weighted by Gasteiger charge is -2.33. The number of nitrogens with zero attached hydrogens (tertiary/aromatic N) is 3. The summed E-state index contributed by atoms with van der Waals surface area (Å²) in [6.45, 7) is 2.97. The Morgan fingerprint density at radius 1 is 1.40 bits per heavy atom. The van der Waals surface area contributed by atoms with Crippen molar-refractivity contribution in [2.45, 2.75) is 6.04 Å². The van der Waals surface area contributed by atoms with Gasteiger partial charge >= 0.3 is 0 Å². The van der Waals surface area contributed by atoms with Gasteiger partial charge in [-0.15, -0.1) is 0 Å². The van der Waals surface area contributed by atoms with Gasteiger partial charge in [-0.1, -0.05) is 0 Å². The molecule has 0 N–H and O–H groups in total. The fourth-order valence-electron chi connectivity index (χ4n) is 1.15. The van der Waals surface area contributed by atoms with E-state index in [-0.39, 0.29) is 6.04 Å². The zero-order valence-electron chi connectivity index (χ0n) is 6.54. The molecule has 1 aliphatic rings. The molecule has 56 valence electrons. The molecule has 1 saturated heterocycles. The van der Waals surface area contributed by atoms with Gasteiger partial charge in [0.25, 0.3) is 0 Å². The van der Waals surface area contributed by atoms with E-state index in [2.05, 4.69) is 22.9 Å². The van der Waals surface area contributed by atoms with Crippen molar-refractivity contribution >= 4 is 0 Å². The first-order valence-corrected chi connectivity index (χ1v) is 3.52. The van der Waals surface area contributed by atoms with Crippen LogP contribution in [0.25, 0.3) is 0 Å². The second kappa shape index (κ2) is 3.00. The summed E-state index contributed by atoms with van der Waals surface area (Å²) in [5.74, 6) is 0. The summed E-state index contributed by atoms with van der Waals surface area (Å²) >= 11 is 0. The molecule has 0 unspecified atom stereocenters. The van der Waals surface area contributed by atoms with Crippen molar-refractivity contribution in [1.82, 2.24) is 9.80 Å². The standard InChI is InChI=1S/C7H13N3/c1-9-3-4-10(2)7(5-8)6-9/h7H,3-4,6H2,1-2H3/t7-/m0/s1. The van der Waals surface area contributed by atoms with E-state index in [1.54, 1.807) is 0 Å². The molecule has 1 aliphatic heterocycles. The molecule has 0 spiro atoms. The van der Waals surface area contributed by atoms with E-state index < -0.39 is 0 Å². The molecule has 0 aliphatic carbocycles. The van der Waals surface area contributed by atoms with Crippen molar-refractivity contribution in [3.63, 3.8) is 0 Å². The quantitative estimate of drug-likeness (QED) is 0.464. The molecule has 1 atom stereocenters. The maximum atomic E-state index is 8.66. The third kappa shape index (κ3) is 1.47. The van der Waals surface area contributed by atoms with Crippen LogP contribution >= 0.6 is 0 Å². The molecule has 3 heteroatoms. The van der Waals surface area contributed by atoms with Crippen LogP contribution in [0.3, 0.4) is 0 Å². The van der Waals surface area contributed by atoms with Crippen LogP contribution in [0, 0.1) is 11.3 Å². The van der Waals surface area contributed by atoms with Gasteiger partial charge < -0.3 is 4.90 Å². The van der Waals surface area contributed by atoms with E-state index in [0.29, 0.717) is 0 Å². The summed E-state index contributed by atoms with van der Waals surface area (Å²) < 4.78 is 0. The van der Waals surface area contributed by atoms with Gasteiger partial charge in [-0.25, -0.2) is 0 Å². The van der Waals surface area contributed by atoms with E-state index in [0.717, 1.165) is 19.6 Å². The topological polar surface area (TPSA) is 30.3 Å². The Kier molecular flexibility index (Phi) is 2.25. The van der Waals surface area contributed by atoms with E-state index >= 15 is 0 Å². The lowest BCUT2D eigenvalue weighted by atomic mass is 10.2. The third-order valence-electron chi connectivity index (χ3n) is 2.00. The number of rotatable bonds is 0. The van der Waals surface area contributed by atoms with Gasteiger partial charge in [0, 0.05) is 19.6 Å². The van der Waals surface area contributed by atoms with Gasteiger partial charge in [0.1, 0.15) is 6.04 Å². The predicted octanol–water partition coefficient (Wildman–Crippen LogP) is -0.244. The zero-order chi connectivity index (χ0) is 7.56. The minimum absolute atomic E-state index is 0.0961. The predicted molar refractivity (Wildman–Crippen MR) is 39.5 cm³/mol. The Bertz CT molecular complexity index is 149. The van der Waals surface area contributed by atoms with Crippen LogP contribution < -0.4 is 0 Å². The lowest BCUT2D eigenvalue weighted by Crippen LogP contribution is -2.49. The number of hydrogen-bond acceptors (Lipinski definition) is 3. The zero-order valence-corrected chi connectivity index (χ0v) is 6.54. The highest BCUT2D eigenvalue weighted by atomic mass is 15.3. The minimum atomic E-state index is 0.0961. The van der Waals surface area contributed by atoms with Crippen LogP contribution in [0.15, 0.2) is 0 Å². The summed E-state index contributed by atoms with van der Waals surface area (Å²) in [5.41, 5.74) is 0. The first-order valence-electron chi connectivity index (χ1n) is 3.52. The van der Waals surface area contributed by atoms with Crippen LogP contribution in [0.1, 0.15) is 0 Å². The molecule has 0 radical (unpaired) electrons. The van der Waals surface area contributed by atoms with Gasteiger partial charge in [0.05, 0.1) is 6.07 Å². The fourth-order valence-corrected chi connectivity index (χ4v) is 1.15. The minimum Gasteiger partial charge on any atom is -0.302 e. The summed E-state index contributed by atoms with van der Waals surface area (Å²) in [4.78, 5) is 4.29. The highest BCUT2D eigenvalue weighted by Gasteiger charge is 2.20. The molecule has 3 nitrogen and oxygen atoms in total. The average Bonchev–Trinajstić information content (AvgIpc) is 1.94. The highest BCUT2D eigenvalue weighted by molar-refractivity contribution is 4.95. The van der Waals surface area contributed by atoms with E-state index in [9.17, 15) is 0 Å². The van der Waals surface area contributed by atoms with Crippen molar-refractivity contribution in [2.75, 3.05) is 33.7 Å². The van der Waals surface area contributed by atoms with E-state index in [4.69, 9.17) is 5.26 Å². The number of hydrogen-bond donors (Lipinski definition) is 0. The Hall–Kier alpha value is -0.590. The summed E-state index contributed by atoms with van der Waals surface area (Å²) in [5, 5.41) is 8.66.